The predicted molar refractivity (Wildman–Crippen MR) is 64.4 cm³/mol. The van der Waals surface area contributed by atoms with Crippen LogP contribution in [0, 0.1) is 11.3 Å². The minimum atomic E-state index is -0.702. The monoisotopic (exact) mass is 243 g/mol. The van der Waals surface area contributed by atoms with Crippen molar-refractivity contribution in [3.8, 4) is 23.1 Å². The minimum absolute atomic E-state index is 0.125. The third-order valence-corrected chi connectivity index (χ3v) is 2.43. The van der Waals surface area contributed by atoms with E-state index in [0.29, 0.717) is 11.3 Å². The van der Waals surface area contributed by atoms with Gasteiger partial charge in [0.25, 0.3) is 5.56 Å². The van der Waals surface area contributed by atoms with Crippen molar-refractivity contribution >= 4 is 0 Å². The van der Waals surface area contributed by atoms with Crippen molar-refractivity contribution < 1.29 is 4.74 Å². The van der Waals surface area contributed by atoms with Crippen LogP contribution < -0.4 is 16.0 Å². The largest absolute Gasteiger partial charge is 0.497 e. The first-order valence-electron chi connectivity index (χ1n) is 5.07. The number of methoxy groups -OCH3 is 1. The predicted octanol–water partition coefficient (Wildman–Crippen LogP) is 0.610. The maximum atomic E-state index is 11.5. The topological polar surface area (TPSA) is 98.7 Å². The Kier molecular flexibility index (Phi) is 2.98. The minimum Gasteiger partial charge on any atom is -0.497 e. The zero-order chi connectivity index (χ0) is 13.1. The van der Waals surface area contributed by atoms with Gasteiger partial charge in [0, 0.05) is 0 Å². The highest BCUT2D eigenvalue weighted by Crippen LogP contribution is 2.20. The van der Waals surface area contributed by atoms with Gasteiger partial charge in [-0.15, -0.1) is 0 Å². The number of hydrogen-bond acceptors (Lipinski definition) is 4. The lowest BCUT2D eigenvalue weighted by Gasteiger charge is -2.04. The summed E-state index contributed by atoms with van der Waals surface area (Å²) in [7, 11) is 1.53. The van der Waals surface area contributed by atoms with Crippen molar-refractivity contribution in [1.29, 1.82) is 5.26 Å². The van der Waals surface area contributed by atoms with Crippen LogP contribution in [0.5, 0.6) is 5.75 Å². The van der Waals surface area contributed by atoms with E-state index >= 15 is 0 Å². The summed E-state index contributed by atoms with van der Waals surface area (Å²) in [6.07, 6.45) is 0. The molecule has 6 heteroatoms. The highest BCUT2D eigenvalue weighted by Gasteiger charge is 2.10. The van der Waals surface area contributed by atoms with Gasteiger partial charge in [-0.05, 0) is 29.8 Å². The second-order valence-corrected chi connectivity index (χ2v) is 3.50. The molecule has 0 bridgehead atoms. The molecule has 0 aliphatic carbocycles. The quantitative estimate of drug-likeness (QED) is 0.807. The second-order valence-electron chi connectivity index (χ2n) is 3.50. The Balaban J connectivity index is 2.67. The molecule has 0 aliphatic rings. The van der Waals surface area contributed by atoms with Crippen LogP contribution in [0.3, 0.4) is 0 Å². The van der Waals surface area contributed by atoms with Crippen molar-refractivity contribution in [3.05, 3.63) is 50.7 Å². The lowest BCUT2D eigenvalue weighted by Crippen LogP contribution is -2.25. The molecule has 0 fully saturated rings. The fraction of sp³-hybridized carbons (Fsp3) is 0.0833. The van der Waals surface area contributed by atoms with Crippen molar-refractivity contribution in [2.45, 2.75) is 0 Å². The summed E-state index contributed by atoms with van der Waals surface area (Å²) in [4.78, 5) is 27.2. The Bertz CT molecular complexity index is 720. The summed E-state index contributed by atoms with van der Waals surface area (Å²) in [5.41, 5.74) is -0.707. The molecule has 2 aromatic rings. The van der Waals surface area contributed by atoms with Crippen molar-refractivity contribution in [2.24, 2.45) is 0 Å². The second kappa shape index (κ2) is 4.59. The molecular weight excluding hydrogens is 234 g/mol. The SMILES string of the molecule is COc1ccc(-c2[nH]c(=O)[nH]c(=O)c2C#N)cc1. The van der Waals surface area contributed by atoms with E-state index < -0.39 is 11.2 Å². The van der Waals surface area contributed by atoms with E-state index in [-0.39, 0.29) is 11.3 Å². The number of aromatic nitrogens is 2. The Morgan fingerprint density at radius 1 is 1.17 bits per heavy atom. The molecule has 1 heterocycles. The molecule has 2 rings (SSSR count). The number of H-pyrrole nitrogens is 2. The number of ether oxygens (including phenoxy) is 1. The van der Waals surface area contributed by atoms with Crippen LogP contribution in [0.1, 0.15) is 5.56 Å². The van der Waals surface area contributed by atoms with Gasteiger partial charge in [-0.3, -0.25) is 9.78 Å². The van der Waals surface area contributed by atoms with Crippen LogP contribution in [-0.2, 0) is 0 Å². The number of nitrogens with zero attached hydrogens (tertiary/aromatic N) is 1. The molecule has 1 aromatic carbocycles. The molecule has 2 N–H and O–H groups in total. The first kappa shape index (κ1) is 11.7. The van der Waals surface area contributed by atoms with E-state index in [2.05, 4.69) is 4.98 Å². The number of aromatic amines is 2. The molecular formula is C12H9N3O3. The van der Waals surface area contributed by atoms with Crippen LogP contribution in [-0.4, -0.2) is 17.1 Å². The highest BCUT2D eigenvalue weighted by molar-refractivity contribution is 5.66. The van der Waals surface area contributed by atoms with Gasteiger partial charge in [-0.25, -0.2) is 4.79 Å². The number of nitrogens with one attached hydrogen (secondary N) is 2. The molecule has 6 nitrogen and oxygen atoms in total. The van der Waals surface area contributed by atoms with Gasteiger partial charge in [0.05, 0.1) is 12.8 Å². The lowest BCUT2D eigenvalue weighted by molar-refractivity contribution is 0.415. The van der Waals surface area contributed by atoms with Crippen LogP contribution in [0.15, 0.2) is 33.9 Å². The summed E-state index contributed by atoms with van der Waals surface area (Å²) < 4.78 is 5.00. The molecule has 90 valence electrons. The van der Waals surface area contributed by atoms with Gasteiger partial charge in [0.15, 0.2) is 0 Å². The standard InChI is InChI=1S/C12H9N3O3/c1-18-8-4-2-7(3-5-8)10-9(6-13)11(16)15-12(17)14-10/h2-5H,1H3,(H2,14,15,16,17). The van der Waals surface area contributed by atoms with Gasteiger partial charge in [0.1, 0.15) is 17.4 Å². The molecule has 0 amide bonds. The lowest BCUT2D eigenvalue weighted by atomic mass is 10.1. The Hall–Kier alpha value is -2.81. The average Bonchev–Trinajstić information content (AvgIpc) is 2.38. The fourth-order valence-electron chi connectivity index (χ4n) is 1.57. The van der Waals surface area contributed by atoms with E-state index in [1.54, 1.807) is 30.3 Å². The summed E-state index contributed by atoms with van der Waals surface area (Å²) in [5, 5.41) is 8.94. The Morgan fingerprint density at radius 2 is 1.83 bits per heavy atom. The molecule has 0 saturated carbocycles. The number of benzene rings is 1. The van der Waals surface area contributed by atoms with E-state index in [9.17, 15) is 9.59 Å². The molecule has 0 saturated heterocycles. The average molecular weight is 243 g/mol. The van der Waals surface area contributed by atoms with Gasteiger partial charge >= 0.3 is 5.69 Å². The summed E-state index contributed by atoms with van der Waals surface area (Å²) in [6, 6.07) is 8.44. The van der Waals surface area contributed by atoms with Crippen LogP contribution in [0.2, 0.25) is 0 Å². The first-order chi connectivity index (χ1) is 8.65. The zero-order valence-electron chi connectivity index (χ0n) is 9.48. The fourth-order valence-corrected chi connectivity index (χ4v) is 1.57. The van der Waals surface area contributed by atoms with Crippen molar-refractivity contribution in [3.63, 3.8) is 0 Å². The first-order valence-corrected chi connectivity index (χ1v) is 5.07. The smallest absolute Gasteiger partial charge is 0.326 e. The normalized spacial score (nSPS) is 9.78. The van der Waals surface area contributed by atoms with E-state index in [4.69, 9.17) is 10.00 Å². The highest BCUT2D eigenvalue weighted by atomic mass is 16.5. The summed E-state index contributed by atoms with van der Waals surface area (Å²) >= 11 is 0. The third kappa shape index (κ3) is 2.01. The Labute approximate surface area is 101 Å². The van der Waals surface area contributed by atoms with Gasteiger partial charge in [-0.1, -0.05) is 0 Å². The zero-order valence-corrected chi connectivity index (χ0v) is 9.48. The molecule has 0 atom stereocenters. The maximum absolute atomic E-state index is 11.5. The van der Waals surface area contributed by atoms with Crippen molar-refractivity contribution in [2.75, 3.05) is 7.11 Å². The van der Waals surface area contributed by atoms with E-state index in [1.165, 1.54) is 7.11 Å². The molecule has 18 heavy (non-hydrogen) atoms. The molecule has 0 radical (unpaired) electrons. The number of nitriles is 1. The maximum Gasteiger partial charge on any atom is 0.326 e. The van der Waals surface area contributed by atoms with Crippen LogP contribution >= 0.6 is 0 Å². The molecule has 0 spiro atoms. The summed E-state index contributed by atoms with van der Waals surface area (Å²) in [5.74, 6) is 0.643. The molecule has 0 aliphatic heterocycles. The van der Waals surface area contributed by atoms with Crippen LogP contribution in [0.25, 0.3) is 11.3 Å². The number of rotatable bonds is 2. The van der Waals surface area contributed by atoms with Crippen LogP contribution in [0.4, 0.5) is 0 Å². The molecule has 0 unspecified atom stereocenters. The number of hydrogen-bond donors (Lipinski definition) is 2. The van der Waals surface area contributed by atoms with Gasteiger partial charge < -0.3 is 9.72 Å². The van der Waals surface area contributed by atoms with E-state index in [1.807, 2.05) is 4.98 Å². The van der Waals surface area contributed by atoms with Crippen molar-refractivity contribution in [1.82, 2.24) is 9.97 Å². The van der Waals surface area contributed by atoms with Gasteiger partial charge in [-0.2, -0.15) is 5.26 Å². The third-order valence-electron chi connectivity index (χ3n) is 2.43. The van der Waals surface area contributed by atoms with E-state index in [0.717, 1.165) is 0 Å². The Morgan fingerprint density at radius 3 is 2.39 bits per heavy atom. The summed E-state index contributed by atoms with van der Waals surface area (Å²) in [6.45, 7) is 0. The van der Waals surface area contributed by atoms with Gasteiger partial charge in [0.2, 0.25) is 0 Å². The molecule has 1 aromatic heterocycles.